The van der Waals surface area contributed by atoms with Crippen molar-refractivity contribution in [3.63, 3.8) is 0 Å². The number of halogens is 7. The van der Waals surface area contributed by atoms with E-state index in [0.29, 0.717) is 18.1 Å². The van der Waals surface area contributed by atoms with Crippen LogP contribution in [-0.2, 0) is 32.6 Å². The van der Waals surface area contributed by atoms with E-state index in [9.17, 15) is 34.8 Å². The second-order valence-electron chi connectivity index (χ2n) is 10.9. The number of hydrogen-bond acceptors (Lipinski definition) is 8. The minimum atomic E-state index is -5.08. The second kappa shape index (κ2) is 13.3. The maximum atomic E-state index is 12.3. The lowest BCUT2D eigenvalue weighted by molar-refractivity contribution is -0.193. The topological polar surface area (TPSA) is 170 Å². The number of fused-ring (bicyclic) bond motifs is 4. The van der Waals surface area contributed by atoms with Gasteiger partial charge in [-0.1, -0.05) is 17.7 Å². The standard InChI is InChI=1S/C23H25ClN6O2S.2C2HF3O2/c1-13-7-19-18(11-29(13)20-10-21(24)28-23-17(20)5-6-25-23)22(27-12-26-19)14-8-15-3-4-16(9-14)30(15)33(2,31)32;2*3-2(4,5)1(6)7/h5-6,8,10,12-13,15-16H,3-4,7,9,11H2,1-2H3,(H,25,28);2*(H,6,7). The molecule has 3 aromatic heterocycles. The Bertz CT molecular complexity index is 1790. The number of alkyl halides is 6. The van der Waals surface area contributed by atoms with Gasteiger partial charge in [0.1, 0.15) is 17.1 Å². The molecule has 3 aliphatic heterocycles. The van der Waals surface area contributed by atoms with Gasteiger partial charge < -0.3 is 20.1 Å². The highest BCUT2D eigenvalue weighted by Crippen LogP contribution is 2.42. The number of carbonyl (C=O) groups is 2. The van der Waals surface area contributed by atoms with Gasteiger partial charge in [-0.15, -0.1) is 0 Å². The van der Waals surface area contributed by atoms with E-state index in [0.717, 1.165) is 58.5 Å². The molecule has 20 heteroatoms. The molecule has 0 radical (unpaired) electrons. The van der Waals surface area contributed by atoms with Gasteiger partial charge in [-0.3, -0.25) is 0 Å². The third-order valence-corrected chi connectivity index (χ3v) is 9.20. The fourth-order valence-corrected chi connectivity index (χ4v) is 7.38. The van der Waals surface area contributed by atoms with Gasteiger partial charge in [0.05, 0.1) is 23.3 Å². The summed E-state index contributed by atoms with van der Waals surface area (Å²) in [5.74, 6) is -5.51. The number of nitrogens with zero attached hydrogens (tertiary/aromatic N) is 5. The first-order chi connectivity index (χ1) is 21.7. The first-order valence-electron chi connectivity index (χ1n) is 13.7. The maximum absolute atomic E-state index is 12.3. The van der Waals surface area contributed by atoms with E-state index in [1.165, 1.54) is 6.26 Å². The molecule has 1 fully saturated rings. The zero-order valence-electron chi connectivity index (χ0n) is 24.5. The Kier molecular flexibility index (Phi) is 10.1. The molecule has 0 saturated carbocycles. The number of H-pyrrole nitrogens is 1. The number of nitrogens with one attached hydrogen (secondary N) is 1. The summed E-state index contributed by atoms with van der Waals surface area (Å²) in [4.78, 5) is 37.0. The number of aliphatic carboxylic acids is 2. The van der Waals surface area contributed by atoms with Crippen molar-refractivity contribution in [3.8, 4) is 0 Å². The predicted octanol–water partition coefficient (Wildman–Crippen LogP) is 4.80. The number of aromatic amines is 1. The Hall–Kier alpha value is -3.97. The van der Waals surface area contributed by atoms with E-state index >= 15 is 0 Å². The summed E-state index contributed by atoms with van der Waals surface area (Å²) in [6.07, 6.45) is 0.0141. The maximum Gasteiger partial charge on any atom is 0.490 e. The molecule has 3 aliphatic rings. The molecule has 0 amide bonds. The van der Waals surface area contributed by atoms with Gasteiger partial charge in [0.2, 0.25) is 10.0 Å². The summed E-state index contributed by atoms with van der Waals surface area (Å²) < 4.78 is 89.8. The lowest BCUT2D eigenvalue weighted by Gasteiger charge is -2.38. The van der Waals surface area contributed by atoms with Crippen LogP contribution in [0.5, 0.6) is 0 Å². The van der Waals surface area contributed by atoms with Crippen LogP contribution in [0.3, 0.4) is 0 Å². The Morgan fingerprint density at radius 2 is 1.66 bits per heavy atom. The summed E-state index contributed by atoms with van der Waals surface area (Å²) in [6, 6.07) is 4.10. The number of hydrogen-bond donors (Lipinski definition) is 3. The SMILES string of the molecule is CC1Cc2ncnc(C3=CC4CCC(C3)N4S(C)(=O)=O)c2CN1c1cc(Cl)nc2[nH]ccc12.O=C(O)C(F)(F)F.O=C(O)C(F)(F)F. The molecule has 3 atom stereocenters. The molecule has 3 unspecified atom stereocenters. The second-order valence-corrected chi connectivity index (χ2v) is 13.2. The first kappa shape index (κ1) is 35.9. The highest BCUT2D eigenvalue weighted by atomic mass is 35.5. The molecule has 1 saturated heterocycles. The van der Waals surface area contributed by atoms with E-state index in [2.05, 4.69) is 32.9 Å². The van der Waals surface area contributed by atoms with Crippen molar-refractivity contribution in [1.82, 2.24) is 24.2 Å². The van der Waals surface area contributed by atoms with Gasteiger partial charge >= 0.3 is 24.3 Å². The van der Waals surface area contributed by atoms with Crippen molar-refractivity contribution in [1.29, 1.82) is 0 Å². The summed E-state index contributed by atoms with van der Waals surface area (Å²) in [7, 11) is -3.23. The van der Waals surface area contributed by atoms with E-state index in [1.54, 1.807) is 10.6 Å². The van der Waals surface area contributed by atoms with Gasteiger partial charge in [-0.05, 0) is 43.9 Å². The molecule has 3 N–H and O–H groups in total. The van der Waals surface area contributed by atoms with Crippen molar-refractivity contribution < 1.29 is 54.6 Å². The van der Waals surface area contributed by atoms with Crippen LogP contribution in [-0.4, -0.2) is 91.5 Å². The average Bonchev–Trinajstić information content (AvgIpc) is 3.53. The Morgan fingerprint density at radius 1 is 1.04 bits per heavy atom. The molecule has 6 rings (SSSR count). The molecule has 12 nitrogen and oxygen atoms in total. The number of carboxylic acid groups (broad SMARTS) is 2. The summed E-state index contributed by atoms with van der Waals surface area (Å²) in [6.45, 7) is 2.86. The van der Waals surface area contributed by atoms with Crippen molar-refractivity contribution in [2.45, 2.75) is 69.6 Å². The van der Waals surface area contributed by atoms with Crippen LogP contribution in [0.25, 0.3) is 16.6 Å². The van der Waals surface area contributed by atoms with Crippen LogP contribution in [0, 0.1) is 0 Å². The lowest BCUT2D eigenvalue weighted by Crippen LogP contribution is -2.43. The highest BCUT2D eigenvalue weighted by Gasteiger charge is 2.43. The molecular weight excluding hydrogens is 686 g/mol. The van der Waals surface area contributed by atoms with Crippen LogP contribution in [0.1, 0.15) is 43.1 Å². The molecular formula is C27H27ClF6N6O6S. The van der Waals surface area contributed by atoms with E-state index in [4.69, 9.17) is 36.4 Å². The number of carboxylic acids is 2. The Balaban J connectivity index is 0.000000301. The summed E-state index contributed by atoms with van der Waals surface area (Å²) >= 11 is 6.35. The van der Waals surface area contributed by atoms with Crippen LogP contribution < -0.4 is 4.90 Å². The molecule has 6 heterocycles. The third-order valence-electron chi connectivity index (χ3n) is 7.67. The van der Waals surface area contributed by atoms with Gasteiger partial charge in [0.15, 0.2) is 0 Å². The van der Waals surface area contributed by atoms with Crippen molar-refractivity contribution >= 4 is 55.9 Å². The third kappa shape index (κ3) is 8.13. The van der Waals surface area contributed by atoms with E-state index < -0.39 is 34.3 Å². The van der Waals surface area contributed by atoms with Crippen LogP contribution >= 0.6 is 11.6 Å². The molecule has 0 aliphatic carbocycles. The molecule has 256 valence electrons. The number of sulfonamides is 1. The number of pyridine rings is 1. The van der Waals surface area contributed by atoms with Crippen LogP contribution in [0.2, 0.25) is 5.15 Å². The predicted molar refractivity (Wildman–Crippen MR) is 156 cm³/mol. The number of aromatic nitrogens is 4. The Morgan fingerprint density at radius 3 is 2.21 bits per heavy atom. The molecule has 0 spiro atoms. The van der Waals surface area contributed by atoms with Gasteiger partial charge in [0.25, 0.3) is 0 Å². The largest absolute Gasteiger partial charge is 0.490 e. The zero-order valence-corrected chi connectivity index (χ0v) is 26.0. The fourth-order valence-electron chi connectivity index (χ4n) is 5.82. The van der Waals surface area contributed by atoms with Crippen LogP contribution in [0.4, 0.5) is 32.0 Å². The zero-order chi connectivity index (χ0) is 35.1. The Labute approximate surface area is 268 Å². The van der Waals surface area contributed by atoms with Gasteiger partial charge in [-0.25, -0.2) is 33.0 Å². The monoisotopic (exact) mass is 712 g/mol. The number of rotatable bonds is 3. The molecule has 3 aromatic rings. The van der Waals surface area contributed by atoms with Crippen LogP contribution in [0.15, 0.2) is 30.7 Å². The number of anilines is 1. The van der Waals surface area contributed by atoms with Crippen molar-refractivity contribution in [2.24, 2.45) is 0 Å². The normalized spacial score (nSPS) is 21.2. The summed E-state index contributed by atoms with van der Waals surface area (Å²) in [5, 5.41) is 15.7. The van der Waals surface area contributed by atoms with E-state index in [1.807, 2.05) is 18.3 Å². The minimum absolute atomic E-state index is 0.00715. The lowest BCUT2D eigenvalue weighted by atomic mass is 9.91. The van der Waals surface area contributed by atoms with Crippen molar-refractivity contribution in [3.05, 3.63) is 52.8 Å². The highest BCUT2D eigenvalue weighted by molar-refractivity contribution is 7.88. The minimum Gasteiger partial charge on any atom is -0.475 e. The smallest absolute Gasteiger partial charge is 0.475 e. The molecule has 47 heavy (non-hydrogen) atoms. The molecule has 0 aromatic carbocycles. The van der Waals surface area contributed by atoms with Crippen molar-refractivity contribution in [2.75, 3.05) is 11.2 Å². The average molecular weight is 713 g/mol. The summed E-state index contributed by atoms with van der Waals surface area (Å²) in [5.41, 5.74) is 6.08. The fraction of sp³-hybridized carbons (Fsp3) is 0.444. The first-order valence-corrected chi connectivity index (χ1v) is 15.9. The van der Waals surface area contributed by atoms with Gasteiger partial charge in [0, 0.05) is 48.2 Å². The van der Waals surface area contributed by atoms with Gasteiger partial charge in [-0.2, -0.15) is 30.6 Å². The van der Waals surface area contributed by atoms with E-state index in [-0.39, 0.29) is 18.1 Å². The molecule has 2 bridgehead atoms. The quantitative estimate of drug-likeness (QED) is 0.253.